The molecule has 1 aliphatic rings. The Bertz CT molecular complexity index is 430. The molecule has 0 aliphatic carbocycles. The van der Waals surface area contributed by atoms with E-state index < -0.39 is 21.7 Å². The highest BCUT2D eigenvalue weighted by molar-refractivity contribution is 7.87. The zero-order chi connectivity index (χ0) is 15.4. The molecule has 0 aromatic heterocycles. The van der Waals surface area contributed by atoms with Gasteiger partial charge in [-0.05, 0) is 46.1 Å². The van der Waals surface area contributed by atoms with Gasteiger partial charge >= 0.3 is 5.97 Å². The zero-order valence-electron chi connectivity index (χ0n) is 12.3. The number of nitrogens with zero attached hydrogens (tertiary/aromatic N) is 1. The number of rotatable bonds is 6. The third-order valence-corrected chi connectivity index (χ3v) is 4.85. The minimum absolute atomic E-state index is 0.0938. The van der Waals surface area contributed by atoms with Crippen molar-refractivity contribution in [1.29, 1.82) is 0 Å². The Hall–Kier alpha value is -0.700. The molecule has 1 heterocycles. The molecule has 8 heteroatoms. The highest BCUT2D eigenvalue weighted by Gasteiger charge is 2.31. The molecular weight excluding hydrogens is 282 g/mol. The molecule has 20 heavy (non-hydrogen) atoms. The van der Waals surface area contributed by atoms with Crippen LogP contribution in [0.3, 0.4) is 0 Å². The predicted molar refractivity (Wildman–Crippen MR) is 76.6 cm³/mol. The van der Waals surface area contributed by atoms with Gasteiger partial charge in [-0.1, -0.05) is 0 Å². The van der Waals surface area contributed by atoms with Gasteiger partial charge in [0.25, 0.3) is 10.2 Å². The molecule has 0 spiro atoms. The van der Waals surface area contributed by atoms with Crippen LogP contribution in [0.25, 0.3) is 0 Å². The Morgan fingerprint density at radius 2 is 2.05 bits per heavy atom. The first-order valence-electron chi connectivity index (χ1n) is 6.82. The summed E-state index contributed by atoms with van der Waals surface area (Å²) in [5.41, 5.74) is -0.507. The topological polar surface area (TPSA) is 98.7 Å². The number of hydrogen-bond acceptors (Lipinski definition) is 4. The van der Waals surface area contributed by atoms with Crippen molar-refractivity contribution >= 4 is 16.2 Å². The molecule has 1 aliphatic heterocycles. The normalized spacial score (nSPS) is 21.9. The van der Waals surface area contributed by atoms with E-state index in [0.717, 1.165) is 12.8 Å². The molecule has 1 rings (SSSR count). The van der Waals surface area contributed by atoms with Gasteiger partial charge in [0.15, 0.2) is 0 Å². The minimum atomic E-state index is -3.48. The molecule has 3 N–H and O–H groups in total. The fourth-order valence-electron chi connectivity index (χ4n) is 2.25. The maximum absolute atomic E-state index is 12.2. The summed E-state index contributed by atoms with van der Waals surface area (Å²) in [5.74, 6) is -0.751. The van der Waals surface area contributed by atoms with Crippen LogP contribution in [0.1, 0.15) is 33.6 Å². The molecule has 1 fully saturated rings. The molecule has 0 bridgehead atoms. The van der Waals surface area contributed by atoms with Gasteiger partial charge in [0.1, 0.15) is 0 Å². The van der Waals surface area contributed by atoms with E-state index in [-0.39, 0.29) is 12.5 Å². The maximum atomic E-state index is 12.2. The summed E-state index contributed by atoms with van der Waals surface area (Å²) in [7, 11) is -3.48. The van der Waals surface area contributed by atoms with Crippen LogP contribution in [0.2, 0.25) is 0 Å². The Balaban J connectivity index is 2.53. The van der Waals surface area contributed by atoms with Crippen molar-refractivity contribution < 1.29 is 18.3 Å². The fourth-order valence-corrected chi connectivity index (χ4v) is 3.93. The van der Waals surface area contributed by atoms with Crippen molar-refractivity contribution in [2.45, 2.75) is 39.2 Å². The van der Waals surface area contributed by atoms with Crippen LogP contribution in [0, 0.1) is 5.92 Å². The molecule has 1 atom stereocenters. The average molecular weight is 307 g/mol. The Morgan fingerprint density at radius 1 is 1.40 bits per heavy atom. The molecule has 118 valence electrons. The summed E-state index contributed by atoms with van der Waals surface area (Å²) in [4.78, 5) is 10.4. The van der Waals surface area contributed by atoms with Crippen LogP contribution in [0.5, 0.6) is 0 Å². The highest BCUT2D eigenvalue weighted by atomic mass is 32.2. The van der Waals surface area contributed by atoms with Crippen LogP contribution in [0.15, 0.2) is 0 Å². The van der Waals surface area contributed by atoms with Crippen molar-refractivity contribution in [3.8, 4) is 0 Å². The summed E-state index contributed by atoms with van der Waals surface area (Å²) in [6.45, 7) is 6.79. The van der Waals surface area contributed by atoms with Crippen LogP contribution in [-0.4, -0.2) is 55.5 Å². The first-order valence-corrected chi connectivity index (χ1v) is 8.26. The van der Waals surface area contributed by atoms with E-state index in [9.17, 15) is 13.2 Å². The number of carbonyl (C=O) groups is 1. The highest BCUT2D eigenvalue weighted by Crippen LogP contribution is 2.19. The van der Waals surface area contributed by atoms with Crippen LogP contribution in [-0.2, 0) is 15.0 Å². The van der Waals surface area contributed by atoms with E-state index in [1.54, 1.807) is 20.8 Å². The summed E-state index contributed by atoms with van der Waals surface area (Å²) >= 11 is 0. The second-order valence-electron chi connectivity index (χ2n) is 6.25. The van der Waals surface area contributed by atoms with E-state index in [1.807, 2.05) is 0 Å². The average Bonchev–Trinajstić information content (AvgIpc) is 2.25. The van der Waals surface area contributed by atoms with Crippen molar-refractivity contribution in [1.82, 2.24) is 14.3 Å². The van der Waals surface area contributed by atoms with Gasteiger partial charge in [-0.2, -0.15) is 17.4 Å². The lowest BCUT2D eigenvalue weighted by Crippen LogP contribution is -2.52. The van der Waals surface area contributed by atoms with Gasteiger partial charge in [-0.15, -0.1) is 0 Å². The lowest BCUT2D eigenvalue weighted by molar-refractivity contribution is -0.136. The number of aliphatic carboxylic acids is 1. The van der Waals surface area contributed by atoms with Gasteiger partial charge in [0, 0.05) is 18.6 Å². The minimum Gasteiger partial charge on any atom is -0.480 e. The van der Waals surface area contributed by atoms with E-state index in [2.05, 4.69) is 10.0 Å². The summed E-state index contributed by atoms with van der Waals surface area (Å²) in [5, 5.41) is 11.4. The molecular formula is C12H25N3O4S. The van der Waals surface area contributed by atoms with Crippen molar-refractivity contribution in [3.63, 3.8) is 0 Å². The van der Waals surface area contributed by atoms with Gasteiger partial charge in [0.2, 0.25) is 0 Å². The second kappa shape index (κ2) is 6.84. The SMILES string of the molecule is CC(C)(C)NS(=O)(=O)N1CCCC(CNCC(=O)O)C1. The molecule has 1 saturated heterocycles. The summed E-state index contributed by atoms with van der Waals surface area (Å²) in [6.07, 6.45) is 1.71. The summed E-state index contributed by atoms with van der Waals surface area (Å²) in [6, 6.07) is 0. The van der Waals surface area contributed by atoms with E-state index >= 15 is 0 Å². The molecule has 0 aromatic rings. The molecule has 0 amide bonds. The van der Waals surface area contributed by atoms with Gasteiger partial charge < -0.3 is 10.4 Å². The van der Waals surface area contributed by atoms with Gasteiger partial charge in [-0.25, -0.2) is 0 Å². The van der Waals surface area contributed by atoms with Gasteiger partial charge in [0.05, 0.1) is 6.54 Å². The fraction of sp³-hybridized carbons (Fsp3) is 0.917. The monoisotopic (exact) mass is 307 g/mol. The van der Waals surface area contributed by atoms with Crippen LogP contribution >= 0.6 is 0 Å². The first kappa shape index (κ1) is 17.4. The number of nitrogens with one attached hydrogen (secondary N) is 2. The van der Waals surface area contributed by atoms with Crippen molar-refractivity contribution in [2.24, 2.45) is 5.92 Å². The van der Waals surface area contributed by atoms with Gasteiger partial charge in [-0.3, -0.25) is 4.79 Å². The zero-order valence-corrected chi connectivity index (χ0v) is 13.2. The molecule has 7 nitrogen and oxygen atoms in total. The number of carboxylic acids is 1. The predicted octanol–water partition coefficient (Wildman–Crippen LogP) is 0.00550. The molecule has 0 radical (unpaired) electrons. The first-order chi connectivity index (χ1) is 9.10. The Kier molecular flexibility index (Phi) is 5.93. The van der Waals surface area contributed by atoms with Crippen molar-refractivity contribution in [3.05, 3.63) is 0 Å². The third kappa shape index (κ3) is 6.17. The smallest absolute Gasteiger partial charge is 0.317 e. The number of piperidine rings is 1. The van der Waals surface area contributed by atoms with E-state index in [1.165, 1.54) is 4.31 Å². The van der Waals surface area contributed by atoms with Crippen LogP contribution < -0.4 is 10.0 Å². The molecule has 0 saturated carbocycles. The lowest BCUT2D eigenvalue weighted by Gasteiger charge is -2.34. The second-order valence-corrected chi connectivity index (χ2v) is 7.92. The van der Waals surface area contributed by atoms with Crippen molar-refractivity contribution in [2.75, 3.05) is 26.2 Å². The molecule has 1 unspecified atom stereocenters. The maximum Gasteiger partial charge on any atom is 0.317 e. The largest absolute Gasteiger partial charge is 0.480 e. The number of hydrogen-bond donors (Lipinski definition) is 3. The third-order valence-electron chi connectivity index (χ3n) is 2.97. The van der Waals surface area contributed by atoms with E-state index in [0.29, 0.717) is 19.6 Å². The van der Waals surface area contributed by atoms with E-state index in [4.69, 9.17) is 5.11 Å². The molecule has 0 aromatic carbocycles. The van der Waals surface area contributed by atoms with Crippen LogP contribution in [0.4, 0.5) is 0 Å². The quantitative estimate of drug-likeness (QED) is 0.642. The standard InChI is InChI=1S/C12H25N3O4S/c1-12(2,3)14-20(18,19)15-6-4-5-10(9-15)7-13-8-11(16)17/h10,13-14H,4-9H2,1-3H3,(H,16,17). The Labute approximate surface area is 120 Å². The number of carboxylic acid groups (broad SMARTS) is 1. The lowest BCUT2D eigenvalue weighted by atomic mass is 10.00. The summed E-state index contributed by atoms with van der Waals surface area (Å²) < 4.78 is 28.6. The Morgan fingerprint density at radius 3 is 2.60 bits per heavy atom.